The van der Waals surface area contributed by atoms with Crippen molar-refractivity contribution in [3.63, 3.8) is 0 Å². The molecule has 178 valence electrons. The number of hydrogen-bond donors (Lipinski definition) is 2. The van der Waals surface area contributed by atoms with Crippen molar-refractivity contribution in [1.82, 2.24) is 24.5 Å². The molecule has 0 bridgehead atoms. The predicted octanol–water partition coefficient (Wildman–Crippen LogP) is 1.81. The van der Waals surface area contributed by atoms with Crippen molar-refractivity contribution in [2.75, 3.05) is 29.9 Å². The molecule has 3 aromatic rings. The van der Waals surface area contributed by atoms with Crippen molar-refractivity contribution in [3.8, 4) is 5.82 Å². The maximum Gasteiger partial charge on any atom is 0.240 e. The molecule has 0 spiro atoms. The van der Waals surface area contributed by atoms with Gasteiger partial charge in [-0.05, 0) is 62.9 Å². The largest absolute Gasteiger partial charge is 0.369 e. The summed E-state index contributed by atoms with van der Waals surface area (Å²) in [5.41, 5.74) is 4.64. The van der Waals surface area contributed by atoms with Crippen molar-refractivity contribution in [2.24, 2.45) is 0 Å². The quantitative estimate of drug-likeness (QED) is 0.494. The molecule has 2 N–H and O–H groups in total. The molecule has 4 heterocycles. The lowest BCUT2D eigenvalue weighted by Crippen LogP contribution is -2.33. The summed E-state index contributed by atoms with van der Waals surface area (Å²) in [4.78, 5) is 23.0. The fraction of sp³-hybridized carbons (Fsp3) is 0.391. The molecule has 1 amide bonds. The summed E-state index contributed by atoms with van der Waals surface area (Å²) in [5, 5.41) is 7.63. The lowest BCUT2D eigenvalue weighted by Gasteiger charge is -2.25. The van der Waals surface area contributed by atoms with Crippen LogP contribution in [-0.2, 0) is 27.7 Å². The Morgan fingerprint density at radius 2 is 1.74 bits per heavy atom. The SMILES string of the molecule is Cc1cc(C)n(-c2cc(NCCNS(=O)(=O)c3cc4c5c(c3)CCN5C(=O)CC4)nc(C)n2)n1. The first-order valence-electron chi connectivity index (χ1n) is 11.3. The lowest BCUT2D eigenvalue weighted by molar-refractivity contribution is -0.118. The van der Waals surface area contributed by atoms with Gasteiger partial charge in [0.1, 0.15) is 11.6 Å². The zero-order valence-electron chi connectivity index (χ0n) is 19.4. The molecular weight excluding hydrogens is 454 g/mol. The minimum absolute atomic E-state index is 0.118. The summed E-state index contributed by atoms with van der Waals surface area (Å²) in [6.07, 6.45) is 1.68. The van der Waals surface area contributed by atoms with Crippen LogP contribution in [0.15, 0.2) is 29.2 Å². The smallest absolute Gasteiger partial charge is 0.240 e. The van der Waals surface area contributed by atoms with Crippen molar-refractivity contribution in [1.29, 1.82) is 0 Å². The standard InChI is InChI=1S/C23H27N7O3S/c1-14-10-15(2)30(28-14)21-13-20(26-16(3)27-21)24-7-8-25-34(32,33)19-11-17-4-5-22(31)29-9-6-18(12-19)23(17)29/h10-13,25H,4-9H2,1-3H3,(H,24,26,27). The summed E-state index contributed by atoms with van der Waals surface area (Å²) >= 11 is 0. The fourth-order valence-corrected chi connectivity index (χ4v) is 5.78. The van der Waals surface area contributed by atoms with Gasteiger partial charge in [0.05, 0.1) is 16.3 Å². The second-order valence-electron chi connectivity index (χ2n) is 8.71. The van der Waals surface area contributed by atoms with Gasteiger partial charge in [0.2, 0.25) is 15.9 Å². The van der Waals surface area contributed by atoms with E-state index in [1.807, 2.05) is 19.9 Å². The van der Waals surface area contributed by atoms with Gasteiger partial charge in [0, 0.05) is 37.8 Å². The van der Waals surface area contributed by atoms with E-state index in [0.717, 1.165) is 28.2 Å². The topological polar surface area (TPSA) is 122 Å². The first-order chi connectivity index (χ1) is 16.2. The van der Waals surface area contributed by atoms with E-state index in [1.165, 1.54) is 0 Å². The highest BCUT2D eigenvalue weighted by molar-refractivity contribution is 7.89. The molecular formula is C23H27N7O3S. The fourth-order valence-electron chi connectivity index (χ4n) is 4.65. The van der Waals surface area contributed by atoms with Crippen LogP contribution in [0.4, 0.5) is 11.5 Å². The zero-order valence-corrected chi connectivity index (χ0v) is 20.2. The van der Waals surface area contributed by atoms with Gasteiger partial charge in [-0.25, -0.2) is 27.8 Å². The predicted molar refractivity (Wildman–Crippen MR) is 128 cm³/mol. The molecule has 2 aromatic heterocycles. The number of nitrogens with one attached hydrogen (secondary N) is 2. The molecule has 5 rings (SSSR count). The molecule has 2 aliphatic heterocycles. The number of hydrogen-bond acceptors (Lipinski definition) is 7. The maximum atomic E-state index is 13.0. The van der Waals surface area contributed by atoms with Crippen molar-refractivity contribution in [2.45, 2.75) is 44.9 Å². The maximum absolute atomic E-state index is 13.0. The second-order valence-corrected chi connectivity index (χ2v) is 10.5. The molecule has 0 saturated carbocycles. The van der Waals surface area contributed by atoms with Crippen LogP contribution < -0.4 is 14.9 Å². The Kier molecular flexibility index (Phi) is 5.61. The van der Waals surface area contributed by atoms with Crippen LogP contribution in [0.3, 0.4) is 0 Å². The van der Waals surface area contributed by atoms with Gasteiger partial charge in [0.15, 0.2) is 5.82 Å². The van der Waals surface area contributed by atoms with E-state index in [4.69, 9.17) is 0 Å². The van der Waals surface area contributed by atoms with E-state index in [2.05, 4.69) is 25.1 Å². The lowest BCUT2D eigenvalue weighted by atomic mass is 10.00. The van der Waals surface area contributed by atoms with E-state index < -0.39 is 10.0 Å². The minimum Gasteiger partial charge on any atom is -0.369 e. The number of amides is 1. The Balaban J connectivity index is 1.26. The van der Waals surface area contributed by atoms with Crippen LogP contribution in [0.1, 0.15) is 34.8 Å². The molecule has 11 heteroatoms. The van der Waals surface area contributed by atoms with E-state index in [-0.39, 0.29) is 17.3 Å². The Bertz CT molecular complexity index is 1400. The van der Waals surface area contributed by atoms with E-state index in [9.17, 15) is 13.2 Å². The monoisotopic (exact) mass is 481 g/mol. The number of nitrogens with zero attached hydrogens (tertiary/aromatic N) is 5. The number of carbonyl (C=O) groups is 1. The van der Waals surface area contributed by atoms with Gasteiger partial charge in [-0.3, -0.25) is 4.79 Å². The molecule has 0 saturated heterocycles. The second kappa shape index (κ2) is 8.48. The van der Waals surface area contributed by atoms with Crippen LogP contribution in [0.25, 0.3) is 5.82 Å². The highest BCUT2D eigenvalue weighted by Gasteiger charge is 2.32. The number of carbonyl (C=O) groups excluding carboxylic acids is 1. The summed E-state index contributed by atoms with van der Waals surface area (Å²) < 4.78 is 30.3. The van der Waals surface area contributed by atoms with Gasteiger partial charge in [-0.15, -0.1) is 0 Å². The first kappa shape index (κ1) is 22.5. The molecule has 1 aromatic carbocycles. The van der Waals surface area contributed by atoms with Crippen LogP contribution in [0, 0.1) is 20.8 Å². The third-order valence-electron chi connectivity index (χ3n) is 6.11. The van der Waals surface area contributed by atoms with Crippen molar-refractivity contribution >= 4 is 27.4 Å². The molecule has 10 nitrogen and oxygen atoms in total. The van der Waals surface area contributed by atoms with E-state index in [0.29, 0.717) is 49.8 Å². The number of aryl methyl sites for hydroxylation is 4. The zero-order chi connectivity index (χ0) is 24.0. The number of sulfonamides is 1. The van der Waals surface area contributed by atoms with Crippen LogP contribution in [0.5, 0.6) is 0 Å². The van der Waals surface area contributed by atoms with Gasteiger partial charge in [0.25, 0.3) is 0 Å². The first-order valence-corrected chi connectivity index (χ1v) is 12.8. The molecule has 2 aliphatic rings. The van der Waals surface area contributed by atoms with Crippen LogP contribution >= 0.6 is 0 Å². The average molecular weight is 482 g/mol. The number of benzene rings is 1. The Labute approximate surface area is 198 Å². The normalized spacial score (nSPS) is 15.0. The van der Waals surface area contributed by atoms with Crippen molar-refractivity contribution < 1.29 is 13.2 Å². The molecule has 0 aliphatic carbocycles. The van der Waals surface area contributed by atoms with Gasteiger partial charge < -0.3 is 10.2 Å². The number of aromatic nitrogens is 4. The van der Waals surface area contributed by atoms with Crippen LogP contribution in [-0.4, -0.2) is 53.7 Å². The summed E-state index contributed by atoms with van der Waals surface area (Å²) in [6.45, 7) is 6.86. The molecule has 0 fully saturated rings. The highest BCUT2D eigenvalue weighted by Crippen LogP contribution is 2.38. The van der Waals surface area contributed by atoms with Gasteiger partial charge >= 0.3 is 0 Å². The Hall–Kier alpha value is -3.31. The summed E-state index contributed by atoms with van der Waals surface area (Å²) in [6, 6.07) is 7.16. The Morgan fingerprint density at radius 3 is 2.47 bits per heavy atom. The van der Waals surface area contributed by atoms with E-state index in [1.54, 1.807) is 34.7 Å². The number of anilines is 2. The van der Waals surface area contributed by atoms with Gasteiger partial charge in [-0.2, -0.15) is 5.10 Å². The molecule has 34 heavy (non-hydrogen) atoms. The summed E-state index contributed by atoms with van der Waals surface area (Å²) in [5.74, 6) is 1.96. The van der Waals surface area contributed by atoms with E-state index >= 15 is 0 Å². The third-order valence-corrected chi connectivity index (χ3v) is 7.55. The average Bonchev–Trinajstić information content (AvgIpc) is 3.37. The third kappa shape index (κ3) is 4.16. The molecule has 0 radical (unpaired) electrons. The molecule has 0 atom stereocenters. The Morgan fingerprint density at radius 1 is 0.971 bits per heavy atom. The highest BCUT2D eigenvalue weighted by atomic mass is 32.2. The summed E-state index contributed by atoms with van der Waals surface area (Å²) in [7, 11) is -3.68. The van der Waals surface area contributed by atoms with Crippen molar-refractivity contribution in [3.05, 3.63) is 52.6 Å². The van der Waals surface area contributed by atoms with Gasteiger partial charge in [-0.1, -0.05) is 0 Å². The minimum atomic E-state index is -3.68. The molecule has 0 unspecified atom stereocenters. The van der Waals surface area contributed by atoms with Crippen LogP contribution in [0.2, 0.25) is 0 Å². The number of rotatable bonds is 7.